The van der Waals surface area contributed by atoms with E-state index in [1.807, 2.05) is 0 Å². The molecule has 0 fully saturated rings. The molecule has 14 heteroatoms. The molecule has 0 saturated carbocycles. The summed E-state index contributed by atoms with van der Waals surface area (Å²) in [4.78, 5) is 19.9. The standard InChI is InChI=1S/C12H8O10S2.2Na/c13-11(14)6-1-5-2-10(24(20,21)22)8(12(15)16)4-7(5)9(3-6)23(17,18)19;;/h1-4H,(H,13,14)(H,15,16)(H,17,18,19)(H,20,21,22);;/q;2*+1/p-2. The molecule has 2 aromatic rings. The molecule has 0 spiro atoms. The van der Waals surface area contributed by atoms with E-state index in [2.05, 4.69) is 0 Å². The van der Waals surface area contributed by atoms with Gasteiger partial charge in [0.25, 0.3) is 0 Å². The molecule has 0 aliphatic heterocycles. The van der Waals surface area contributed by atoms with Crippen molar-refractivity contribution in [2.24, 2.45) is 0 Å². The number of carboxylic acid groups (broad SMARTS) is 2. The van der Waals surface area contributed by atoms with E-state index in [0.717, 1.165) is 6.07 Å². The molecule has 0 unspecified atom stereocenters. The van der Waals surface area contributed by atoms with Crippen LogP contribution in [-0.4, -0.2) is 48.1 Å². The quantitative estimate of drug-likeness (QED) is 0.356. The molecule has 0 atom stereocenters. The first-order chi connectivity index (χ1) is 10.8. The van der Waals surface area contributed by atoms with Crippen LogP contribution in [0.4, 0.5) is 0 Å². The van der Waals surface area contributed by atoms with Crippen molar-refractivity contribution in [1.82, 2.24) is 0 Å². The third-order valence-corrected chi connectivity index (χ3v) is 4.78. The second kappa shape index (κ2) is 8.65. The summed E-state index contributed by atoms with van der Waals surface area (Å²) in [5.74, 6) is -3.46. The van der Waals surface area contributed by atoms with Gasteiger partial charge in [-0.05, 0) is 29.7 Å². The maximum absolute atomic E-state index is 11.3. The van der Waals surface area contributed by atoms with Crippen molar-refractivity contribution in [3.8, 4) is 0 Å². The predicted molar refractivity (Wildman–Crippen MR) is 73.8 cm³/mol. The number of hydrogen-bond acceptors (Lipinski definition) is 8. The fourth-order valence-corrected chi connectivity index (χ4v) is 3.47. The fourth-order valence-electron chi connectivity index (χ4n) is 2.06. The van der Waals surface area contributed by atoms with Crippen LogP contribution in [0.3, 0.4) is 0 Å². The van der Waals surface area contributed by atoms with Gasteiger partial charge in [0.15, 0.2) is 0 Å². The van der Waals surface area contributed by atoms with Gasteiger partial charge in [-0.3, -0.25) is 0 Å². The zero-order valence-corrected chi connectivity index (χ0v) is 18.9. The van der Waals surface area contributed by atoms with Crippen LogP contribution in [0.1, 0.15) is 20.7 Å². The summed E-state index contributed by atoms with van der Waals surface area (Å²) in [5.41, 5.74) is -1.69. The van der Waals surface area contributed by atoms with Gasteiger partial charge in [0.1, 0.15) is 20.2 Å². The van der Waals surface area contributed by atoms with Crippen LogP contribution in [0.2, 0.25) is 0 Å². The smallest absolute Gasteiger partial charge is 0.744 e. The minimum Gasteiger partial charge on any atom is -0.744 e. The Morgan fingerprint density at radius 1 is 0.769 bits per heavy atom. The second-order valence-corrected chi connectivity index (χ2v) is 7.26. The topological polar surface area (TPSA) is 189 Å². The van der Waals surface area contributed by atoms with Gasteiger partial charge in [-0.2, -0.15) is 0 Å². The molecule has 0 amide bonds. The molecule has 128 valence electrons. The molecule has 2 N–H and O–H groups in total. The van der Waals surface area contributed by atoms with E-state index < -0.39 is 63.9 Å². The van der Waals surface area contributed by atoms with E-state index >= 15 is 0 Å². The van der Waals surface area contributed by atoms with Crippen LogP contribution in [0.15, 0.2) is 34.1 Å². The number of aromatic carboxylic acids is 2. The Morgan fingerprint density at radius 3 is 1.65 bits per heavy atom. The van der Waals surface area contributed by atoms with Crippen LogP contribution >= 0.6 is 0 Å². The zero-order chi connectivity index (χ0) is 18.4. The van der Waals surface area contributed by atoms with E-state index in [0.29, 0.717) is 18.2 Å². The zero-order valence-electron chi connectivity index (χ0n) is 13.3. The molecule has 0 bridgehead atoms. The Labute approximate surface area is 191 Å². The molecule has 0 aliphatic carbocycles. The average molecular weight is 420 g/mol. The summed E-state index contributed by atoms with van der Waals surface area (Å²) in [6, 6.07) is 2.37. The third kappa shape index (κ3) is 5.25. The Kier molecular flexibility index (Phi) is 8.47. The monoisotopic (exact) mass is 420 g/mol. The summed E-state index contributed by atoms with van der Waals surface area (Å²) < 4.78 is 67.5. The molecule has 0 aliphatic rings. The molecule has 2 rings (SSSR count). The molecule has 26 heavy (non-hydrogen) atoms. The predicted octanol–water partition coefficient (Wildman–Crippen LogP) is -5.95. The van der Waals surface area contributed by atoms with Crippen molar-refractivity contribution in [2.75, 3.05) is 0 Å². The fraction of sp³-hybridized carbons (Fsp3) is 0. The second-order valence-electron chi connectivity index (χ2n) is 4.56. The van der Waals surface area contributed by atoms with Crippen LogP contribution in [0.5, 0.6) is 0 Å². The van der Waals surface area contributed by atoms with Crippen molar-refractivity contribution in [3.63, 3.8) is 0 Å². The summed E-state index contributed by atoms with van der Waals surface area (Å²) in [7, 11) is -10.5. The number of hydrogen-bond donors (Lipinski definition) is 2. The largest absolute Gasteiger partial charge is 1.00 e. The van der Waals surface area contributed by atoms with Gasteiger partial charge in [-0.25, -0.2) is 26.4 Å². The summed E-state index contributed by atoms with van der Waals surface area (Å²) in [5, 5.41) is 17.0. The molecule has 0 heterocycles. The Balaban J connectivity index is 0.00000312. The van der Waals surface area contributed by atoms with Crippen molar-refractivity contribution >= 4 is 42.9 Å². The first kappa shape index (κ1) is 25.5. The van der Waals surface area contributed by atoms with E-state index in [1.165, 1.54) is 0 Å². The molecule has 0 saturated heterocycles. The molecule has 2 aromatic carbocycles. The summed E-state index contributed by atoms with van der Waals surface area (Å²) in [6.45, 7) is 0. The number of fused-ring (bicyclic) bond motifs is 1. The number of rotatable bonds is 4. The molecular weight excluding hydrogens is 414 g/mol. The van der Waals surface area contributed by atoms with Crippen molar-refractivity contribution in [2.45, 2.75) is 9.79 Å². The third-order valence-electron chi connectivity index (χ3n) is 3.03. The number of carboxylic acids is 2. The maximum Gasteiger partial charge on any atom is 1.00 e. The van der Waals surface area contributed by atoms with Crippen LogP contribution < -0.4 is 59.1 Å². The van der Waals surface area contributed by atoms with Gasteiger partial charge in [0.05, 0.1) is 20.9 Å². The first-order valence-electron chi connectivity index (χ1n) is 5.82. The van der Waals surface area contributed by atoms with E-state index in [4.69, 9.17) is 10.2 Å². The summed E-state index contributed by atoms with van der Waals surface area (Å²) >= 11 is 0. The van der Waals surface area contributed by atoms with Crippen molar-refractivity contribution in [3.05, 3.63) is 35.4 Å². The molecular formula is C12H6Na2O10S2. The van der Waals surface area contributed by atoms with Gasteiger partial charge in [0, 0.05) is 5.39 Å². The Bertz CT molecular complexity index is 1110. The van der Waals surface area contributed by atoms with Gasteiger partial charge in [-0.15, -0.1) is 0 Å². The maximum atomic E-state index is 11.3. The van der Waals surface area contributed by atoms with Gasteiger partial charge < -0.3 is 19.3 Å². The normalized spacial score (nSPS) is 11.3. The van der Waals surface area contributed by atoms with Crippen LogP contribution in [0, 0.1) is 0 Å². The van der Waals surface area contributed by atoms with E-state index in [-0.39, 0.29) is 59.1 Å². The Morgan fingerprint density at radius 2 is 1.27 bits per heavy atom. The number of carbonyl (C=O) groups is 2. The van der Waals surface area contributed by atoms with Crippen LogP contribution in [0.25, 0.3) is 10.8 Å². The van der Waals surface area contributed by atoms with Gasteiger partial charge in [0.2, 0.25) is 0 Å². The van der Waals surface area contributed by atoms with E-state index in [9.17, 15) is 35.5 Å². The van der Waals surface area contributed by atoms with Crippen molar-refractivity contribution < 1.29 is 105 Å². The van der Waals surface area contributed by atoms with Gasteiger partial charge >= 0.3 is 71.1 Å². The summed E-state index contributed by atoms with van der Waals surface area (Å²) in [6.07, 6.45) is 0. The SMILES string of the molecule is O=C(O)c1cc(S(=O)(=O)[O-])c2cc(C(=O)O)c(S(=O)(=O)[O-])cc2c1.[Na+].[Na+]. The molecule has 0 aromatic heterocycles. The van der Waals surface area contributed by atoms with Crippen molar-refractivity contribution in [1.29, 1.82) is 0 Å². The minimum atomic E-state index is -5.26. The van der Waals surface area contributed by atoms with Gasteiger partial charge in [-0.1, -0.05) is 0 Å². The number of benzene rings is 2. The van der Waals surface area contributed by atoms with E-state index in [1.54, 1.807) is 0 Å². The molecule has 0 radical (unpaired) electrons. The minimum absolute atomic E-state index is 0. The average Bonchev–Trinajstić information content (AvgIpc) is 2.42. The first-order valence-corrected chi connectivity index (χ1v) is 8.64. The Hall–Kier alpha value is -0.540. The van der Waals surface area contributed by atoms with Crippen LogP contribution in [-0.2, 0) is 20.2 Å². The molecule has 10 nitrogen and oxygen atoms in total.